The van der Waals surface area contributed by atoms with E-state index in [1.807, 2.05) is 0 Å². The molecular weight excluding hydrogens is 323 g/mol. The van der Waals surface area contributed by atoms with Crippen LogP contribution in [0.3, 0.4) is 0 Å². The van der Waals surface area contributed by atoms with E-state index in [2.05, 4.69) is 26.6 Å². The van der Waals surface area contributed by atoms with E-state index in [-0.39, 0.29) is 18.3 Å². The highest BCUT2D eigenvalue weighted by atomic mass is 79.9. The highest BCUT2D eigenvalue weighted by Gasteiger charge is 2.15. The molecule has 0 aromatic heterocycles. The molecule has 1 aliphatic rings. The first-order valence-electron chi connectivity index (χ1n) is 7.09. The Kier molecular flexibility index (Phi) is 5.98. The van der Waals surface area contributed by atoms with Gasteiger partial charge in [0, 0.05) is 22.6 Å². The molecule has 20 heavy (non-hydrogen) atoms. The zero-order chi connectivity index (χ0) is 14.4. The van der Waals surface area contributed by atoms with E-state index in [4.69, 9.17) is 0 Å². The van der Waals surface area contributed by atoms with Crippen LogP contribution in [0.25, 0.3) is 0 Å². The van der Waals surface area contributed by atoms with Crippen LogP contribution in [0.2, 0.25) is 0 Å². The summed E-state index contributed by atoms with van der Waals surface area (Å²) >= 11 is 3.31. The summed E-state index contributed by atoms with van der Waals surface area (Å²) in [6, 6.07) is 5.12. The molecule has 0 bridgehead atoms. The molecule has 1 amide bonds. The second-order valence-electron chi connectivity index (χ2n) is 5.24. The van der Waals surface area contributed by atoms with Crippen molar-refractivity contribution in [3.63, 3.8) is 0 Å². The van der Waals surface area contributed by atoms with Gasteiger partial charge in [0.1, 0.15) is 5.82 Å². The van der Waals surface area contributed by atoms with Crippen molar-refractivity contribution in [2.24, 2.45) is 0 Å². The molecule has 2 N–H and O–H groups in total. The van der Waals surface area contributed by atoms with Gasteiger partial charge in [0.2, 0.25) is 5.91 Å². The Balaban J connectivity index is 1.72. The summed E-state index contributed by atoms with van der Waals surface area (Å²) in [5, 5.41) is 6.01. The Hall–Kier alpha value is -0.940. The smallest absolute Gasteiger partial charge is 0.234 e. The number of hydrogen-bond acceptors (Lipinski definition) is 2. The lowest BCUT2D eigenvalue weighted by molar-refractivity contribution is -0.121. The van der Waals surface area contributed by atoms with Gasteiger partial charge >= 0.3 is 0 Å². The normalized spacial score (nSPS) is 16.1. The van der Waals surface area contributed by atoms with Crippen LogP contribution in [-0.4, -0.2) is 18.5 Å². The summed E-state index contributed by atoms with van der Waals surface area (Å²) in [5.41, 5.74) is 0.560. The summed E-state index contributed by atoms with van der Waals surface area (Å²) in [4.78, 5) is 11.8. The Morgan fingerprint density at radius 2 is 2.05 bits per heavy atom. The fourth-order valence-corrected chi connectivity index (χ4v) is 2.92. The highest BCUT2D eigenvalue weighted by Crippen LogP contribution is 2.17. The molecule has 0 atom stereocenters. The van der Waals surface area contributed by atoms with Gasteiger partial charge in [-0.2, -0.15) is 0 Å². The molecular formula is C15H20BrFN2O. The van der Waals surface area contributed by atoms with Crippen LogP contribution >= 0.6 is 15.9 Å². The fourth-order valence-electron chi connectivity index (χ4n) is 2.52. The van der Waals surface area contributed by atoms with Gasteiger partial charge in [-0.15, -0.1) is 0 Å². The molecule has 1 saturated carbocycles. The summed E-state index contributed by atoms with van der Waals surface area (Å²) in [6.45, 7) is 0.575. The Morgan fingerprint density at radius 1 is 1.30 bits per heavy atom. The molecule has 2 rings (SSSR count). The van der Waals surface area contributed by atoms with E-state index in [1.54, 1.807) is 12.1 Å². The minimum atomic E-state index is -0.256. The zero-order valence-corrected chi connectivity index (χ0v) is 13.0. The lowest BCUT2D eigenvalue weighted by Gasteiger charge is -2.22. The maximum atomic E-state index is 13.5. The minimum Gasteiger partial charge on any atom is -0.352 e. The van der Waals surface area contributed by atoms with E-state index >= 15 is 0 Å². The van der Waals surface area contributed by atoms with Gasteiger partial charge in [-0.05, 0) is 31.0 Å². The maximum absolute atomic E-state index is 13.5. The first-order valence-corrected chi connectivity index (χ1v) is 7.88. The maximum Gasteiger partial charge on any atom is 0.234 e. The van der Waals surface area contributed by atoms with Crippen LogP contribution in [0.1, 0.15) is 37.7 Å². The quantitative estimate of drug-likeness (QED) is 0.863. The lowest BCUT2D eigenvalue weighted by Crippen LogP contribution is -2.41. The number of hydrogen-bond donors (Lipinski definition) is 2. The van der Waals surface area contributed by atoms with E-state index in [0.29, 0.717) is 18.2 Å². The van der Waals surface area contributed by atoms with Crippen molar-refractivity contribution in [3.8, 4) is 0 Å². The molecule has 5 heteroatoms. The number of rotatable bonds is 5. The van der Waals surface area contributed by atoms with E-state index in [0.717, 1.165) is 17.3 Å². The van der Waals surface area contributed by atoms with E-state index in [9.17, 15) is 9.18 Å². The van der Waals surface area contributed by atoms with Gasteiger partial charge in [0.05, 0.1) is 6.54 Å². The summed E-state index contributed by atoms with van der Waals surface area (Å²) in [5.74, 6) is -0.263. The molecule has 1 aromatic carbocycles. The molecule has 1 aliphatic carbocycles. The number of benzene rings is 1. The molecule has 1 fully saturated rings. The first kappa shape index (κ1) is 15.4. The van der Waals surface area contributed by atoms with Crippen LogP contribution in [0.4, 0.5) is 4.39 Å². The molecule has 0 saturated heterocycles. The van der Waals surface area contributed by atoms with Gasteiger partial charge in [-0.25, -0.2) is 4.39 Å². The lowest BCUT2D eigenvalue weighted by atomic mass is 9.95. The van der Waals surface area contributed by atoms with Crippen LogP contribution in [-0.2, 0) is 11.3 Å². The molecule has 0 unspecified atom stereocenters. The second kappa shape index (κ2) is 7.74. The Labute approximate surface area is 127 Å². The van der Waals surface area contributed by atoms with E-state index < -0.39 is 0 Å². The second-order valence-corrected chi connectivity index (χ2v) is 6.16. The number of halogens is 2. The van der Waals surface area contributed by atoms with Crippen molar-refractivity contribution < 1.29 is 9.18 Å². The average Bonchev–Trinajstić information content (AvgIpc) is 2.44. The van der Waals surface area contributed by atoms with Crippen LogP contribution < -0.4 is 10.6 Å². The van der Waals surface area contributed by atoms with Crippen molar-refractivity contribution in [2.75, 3.05) is 6.54 Å². The predicted octanol–water partition coefficient (Wildman–Crippen LogP) is 3.13. The Bertz CT molecular complexity index is 461. The van der Waals surface area contributed by atoms with Crippen LogP contribution in [0, 0.1) is 5.82 Å². The van der Waals surface area contributed by atoms with Crippen molar-refractivity contribution >= 4 is 21.8 Å². The molecule has 0 aliphatic heterocycles. The molecule has 1 aromatic rings. The fraction of sp³-hybridized carbons (Fsp3) is 0.533. The van der Waals surface area contributed by atoms with Crippen molar-refractivity contribution in [3.05, 3.63) is 34.1 Å². The largest absolute Gasteiger partial charge is 0.352 e. The number of carbonyl (C=O) groups excluding carboxylic acids is 1. The van der Waals surface area contributed by atoms with E-state index in [1.165, 1.54) is 25.3 Å². The topological polar surface area (TPSA) is 41.1 Å². The third-order valence-corrected chi connectivity index (χ3v) is 4.07. The van der Waals surface area contributed by atoms with Gasteiger partial charge in [0.25, 0.3) is 0 Å². The highest BCUT2D eigenvalue weighted by molar-refractivity contribution is 9.10. The van der Waals surface area contributed by atoms with Crippen LogP contribution in [0.5, 0.6) is 0 Å². The molecule has 0 radical (unpaired) electrons. The monoisotopic (exact) mass is 342 g/mol. The van der Waals surface area contributed by atoms with Crippen LogP contribution in [0.15, 0.2) is 22.7 Å². The van der Waals surface area contributed by atoms with Gasteiger partial charge in [0.15, 0.2) is 0 Å². The molecule has 0 heterocycles. The SMILES string of the molecule is O=C(CNCc1cc(Br)ccc1F)NC1CCCCC1. The number of amides is 1. The first-order chi connectivity index (χ1) is 9.65. The summed E-state index contributed by atoms with van der Waals surface area (Å²) in [7, 11) is 0. The van der Waals surface area contributed by atoms with Gasteiger partial charge < -0.3 is 10.6 Å². The summed E-state index contributed by atoms with van der Waals surface area (Å²) in [6.07, 6.45) is 5.81. The standard InChI is InChI=1S/C15H20BrFN2O/c16-12-6-7-14(17)11(8-12)9-18-10-15(20)19-13-4-2-1-3-5-13/h6-8,13,18H,1-5,9-10H2,(H,19,20). The van der Waals surface area contributed by atoms with Gasteiger partial charge in [-0.1, -0.05) is 35.2 Å². The molecule has 0 spiro atoms. The number of nitrogens with one attached hydrogen (secondary N) is 2. The van der Waals surface area contributed by atoms with Crippen molar-refractivity contribution in [1.82, 2.24) is 10.6 Å². The van der Waals surface area contributed by atoms with Crippen molar-refractivity contribution in [1.29, 1.82) is 0 Å². The summed E-state index contributed by atoms with van der Waals surface area (Å²) < 4.78 is 14.3. The third kappa shape index (κ3) is 4.87. The average molecular weight is 343 g/mol. The van der Waals surface area contributed by atoms with Gasteiger partial charge in [-0.3, -0.25) is 4.79 Å². The van der Waals surface area contributed by atoms with Crippen molar-refractivity contribution in [2.45, 2.75) is 44.7 Å². The molecule has 3 nitrogen and oxygen atoms in total. The zero-order valence-electron chi connectivity index (χ0n) is 11.4. The third-order valence-electron chi connectivity index (χ3n) is 3.58. The Morgan fingerprint density at radius 3 is 2.80 bits per heavy atom. The predicted molar refractivity (Wildman–Crippen MR) is 80.8 cm³/mol. The molecule has 110 valence electrons. The minimum absolute atomic E-state index is 0.00713. The number of carbonyl (C=O) groups is 1.